The second-order valence-electron chi connectivity index (χ2n) is 14.5. The van der Waals surface area contributed by atoms with E-state index in [9.17, 15) is 10.1 Å². The molecule has 3 aromatic rings. The highest BCUT2D eigenvalue weighted by Crippen LogP contribution is 2.32. The third kappa shape index (κ3) is 11.8. The molecule has 2 aliphatic heterocycles. The molecule has 56 heavy (non-hydrogen) atoms. The summed E-state index contributed by atoms with van der Waals surface area (Å²) in [7, 11) is 0. The fourth-order valence-electron chi connectivity index (χ4n) is 7.36. The number of benzene rings is 3. The first-order valence-corrected chi connectivity index (χ1v) is 20.7. The monoisotopic (exact) mass is 796 g/mol. The summed E-state index contributed by atoms with van der Waals surface area (Å²) in [6.07, 6.45) is 12.2. The van der Waals surface area contributed by atoms with Gasteiger partial charge in [0.2, 0.25) is 0 Å². The van der Waals surface area contributed by atoms with Crippen LogP contribution < -0.4 is 10.0 Å². The van der Waals surface area contributed by atoms with Crippen molar-refractivity contribution < 1.29 is 9.66 Å². The molecule has 2 saturated heterocycles. The highest BCUT2D eigenvalue weighted by Gasteiger charge is 2.22. The lowest BCUT2D eigenvalue weighted by Crippen LogP contribution is -2.45. The van der Waals surface area contributed by atoms with Gasteiger partial charge in [0, 0.05) is 74.0 Å². The number of rotatable bonds is 17. The molecule has 296 valence electrons. The number of nitrogens with zero attached hydrogens (tertiary/aromatic N) is 6. The summed E-state index contributed by atoms with van der Waals surface area (Å²) in [5.74, 6) is 0.628. The third-order valence-corrected chi connectivity index (χ3v) is 11.3. The lowest BCUT2D eigenvalue weighted by Gasteiger charge is -2.37. The van der Waals surface area contributed by atoms with Gasteiger partial charge in [-0.1, -0.05) is 60.2 Å². The average Bonchev–Trinajstić information content (AvgIpc) is 3.21. The first-order chi connectivity index (χ1) is 27.2. The first-order valence-electron chi connectivity index (χ1n) is 19.5. The van der Waals surface area contributed by atoms with Gasteiger partial charge in [-0.25, -0.2) is 4.99 Å². The zero-order valence-corrected chi connectivity index (χ0v) is 34.0. The molecule has 0 unspecified atom stereocenters. The van der Waals surface area contributed by atoms with Crippen LogP contribution in [-0.4, -0.2) is 97.2 Å². The lowest BCUT2D eigenvalue weighted by molar-refractivity contribution is -0.384. The summed E-state index contributed by atoms with van der Waals surface area (Å²) in [5, 5.41) is 16.1. The molecule has 0 bridgehead atoms. The number of aliphatic imine (C=N–C) groups is 2. The van der Waals surface area contributed by atoms with Gasteiger partial charge in [0.1, 0.15) is 17.8 Å². The molecule has 3 aromatic carbocycles. The maximum absolute atomic E-state index is 12.1. The summed E-state index contributed by atoms with van der Waals surface area (Å²) >= 11 is 7.43. The van der Waals surface area contributed by atoms with Crippen LogP contribution in [0.4, 0.5) is 11.4 Å². The van der Waals surface area contributed by atoms with Crippen molar-refractivity contribution in [2.45, 2.75) is 63.2 Å². The van der Waals surface area contributed by atoms with E-state index >= 15 is 0 Å². The Morgan fingerprint density at radius 2 is 1.80 bits per heavy atom. The van der Waals surface area contributed by atoms with E-state index in [-0.39, 0.29) is 16.7 Å². The molecular formula is C43H53ClN8O3S. The molecule has 0 amide bonds. The average molecular weight is 797 g/mol. The molecule has 6 rings (SSSR count). The summed E-state index contributed by atoms with van der Waals surface area (Å²) in [4.78, 5) is 28.2. The Bertz CT molecular complexity index is 1920. The molecular weight excluding hydrogens is 744 g/mol. The van der Waals surface area contributed by atoms with Crippen molar-refractivity contribution >= 4 is 48.0 Å². The largest absolute Gasteiger partial charge is 0.379 e. The Morgan fingerprint density at radius 1 is 1.04 bits per heavy atom. The van der Waals surface area contributed by atoms with Crippen LogP contribution in [0.15, 0.2) is 117 Å². The molecule has 0 saturated carbocycles. The number of nitrogens with one attached hydrogen (secondary N) is 2. The fourth-order valence-corrected chi connectivity index (χ4v) is 8.19. The zero-order chi connectivity index (χ0) is 39.3. The van der Waals surface area contributed by atoms with Crippen molar-refractivity contribution in [3.05, 3.63) is 123 Å². The number of hydrogen-bond acceptors (Lipinski definition) is 10. The van der Waals surface area contributed by atoms with Crippen molar-refractivity contribution in [1.29, 1.82) is 0 Å². The van der Waals surface area contributed by atoms with Crippen molar-refractivity contribution in [3.63, 3.8) is 0 Å². The molecule has 13 heteroatoms. The first kappa shape index (κ1) is 41.2. The molecule has 2 heterocycles. The fraction of sp³-hybridized carbons (Fsp3) is 0.395. The number of halogens is 1. The molecule has 1 aliphatic carbocycles. The van der Waals surface area contributed by atoms with Crippen molar-refractivity contribution in [1.82, 2.24) is 19.4 Å². The van der Waals surface area contributed by atoms with Crippen molar-refractivity contribution in [2.24, 2.45) is 9.98 Å². The second-order valence-corrected chi connectivity index (χ2v) is 15.9. The van der Waals surface area contributed by atoms with Gasteiger partial charge in [-0.2, -0.15) is 0 Å². The maximum atomic E-state index is 12.1. The smallest absolute Gasteiger partial charge is 0.293 e. The number of likely N-dealkylation sites (tertiary alicyclic amines) is 1. The highest BCUT2D eigenvalue weighted by molar-refractivity contribution is 7.97. The number of nitro groups is 1. The minimum atomic E-state index is -0.332. The summed E-state index contributed by atoms with van der Waals surface area (Å²) in [5.41, 5.74) is 6.50. The van der Waals surface area contributed by atoms with Crippen LogP contribution in [0, 0.1) is 10.1 Å². The SMILES string of the molecule is C=N/C=N\C(NSc1ccc(NCCCN2CCC(OC(C)C)CC2)c([N+](=O)[O-])c1)=C1\C=CC(N2CCN(Cc3ccccc3-c3ccc(Cl)cc3)CC2)=CC1. The molecule has 0 atom stereocenters. The summed E-state index contributed by atoms with van der Waals surface area (Å²) < 4.78 is 9.28. The van der Waals surface area contributed by atoms with Gasteiger partial charge in [-0.15, -0.1) is 0 Å². The third-order valence-electron chi connectivity index (χ3n) is 10.3. The van der Waals surface area contributed by atoms with Crippen molar-refractivity contribution in [3.8, 4) is 11.1 Å². The Kier molecular flexibility index (Phi) is 15.2. The predicted molar refractivity (Wildman–Crippen MR) is 232 cm³/mol. The lowest BCUT2D eigenvalue weighted by atomic mass is 9.99. The minimum Gasteiger partial charge on any atom is -0.379 e. The molecule has 0 spiro atoms. The van der Waals surface area contributed by atoms with Crippen LogP contribution in [0.5, 0.6) is 0 Å². The van der Waals surface area contributed by atoms with Gasteiger partial charge in [0.15, 0.2) is 0 Å². The van der Waals surface area contributed by atoms with Crippen LogP contribution in [0.1, 0.15) is 45.1 Å². The highest BCUT2D eigenvalue weighted by atomic mass is 35.5. The normalized spacial score (nSPS) is 18.0. The van der Waals surface area contributed by atoms with Crippen LogP contribution >= 0.6 is 23.5 Å². The van der Waals surface area contributed by atoms with Gasteiger partial charge in [-0.05, 0) is 117 Å². The minimum absolute atomic E-state index is 0.0462. The quantitative estimate of drug-likeness (QED) is 0.0346. The standard InChI is InChI=1S/C43H53ClN8O3S/c1-32(2)55-38-19-23-49(24-20-38)22-6-21-46-41-18-17-39(29-42(41)52(53)54)56-48-43(47-31-45-3)34-11-15-37(16-12-34)51-27-25-50(26-28-51)30-35-7-4-5-8-40(35)33-9-13-36(44)14-10-33/h4-5,7-11,13-18,29,31-32,38,46,48H,3,6,12,19-28,30H2,1-2H3/b43-34+,47-31-. The number of piperazine rings is 1. The Balaban J connectivity index is 0.992. The predicted octanol–water partition coefficient (Wildman–Crippen LogP) is 8.81. The second kappa shape index (κ2) is 20.6. The molecule has 3 aliphatic rings. The van der Waals surface area contributed by atoms with Crippen molar-refractivity contribution in [2.75, 3.05) is 57.7 Å². The van der Waals surface area contributed by atoms with E-state index in [1.807, 2.05) is 18.2 Å². The van der Waals surface area contributed by atoms with Crippen LogP contribution in [0.2, 0.25) is 5.02 Å². The molecule has 0 radical (unpaired) electrons. The molecule has 2 N–H and O–H groups in total. The number of allylic oxidation sites excluding steroid dienone is 4. The van der Waals surface area contributed by atoms with Gasteiger partial charge < -0.3 is 24.6 Å². The van der Waals surface area contributed by atoms with Gasteiger partial charge in [0.25, 0.3) is 5.69 Å². The van der Waals surface area contributed by atoms with Crippen LogP contribution in [0.25, 0.3) is 11.1 Å². The Labute approximate surface area is 340 Å². The topological polar surface area (TPSA) is 111 Å². The number of anilines is 1. The van der Waals surface area contributed by atoms with Gasteiger partial charge in [0.05, 0.1) is 17.1 Å². The Hall–Kier alpha value is -4.46. The molecule has 0 aromatic heterocycles. The van der Waals surface area contributed by atoms with E-state index in [0.717, 1.165) is 82.2 Å². The molecule has 11 nitrogen and oxygen atoms in total. The number of hydrogen-bond donors (Lipinski definition) is 2. The summed E-state index contributed by atoms with van der Waals surface area (Å²) in [6.45, 7) is 16.1. The van der Waals surface area contributed by atoms with Crippen LogP contribution in [0.3, 0.4) is 0 Å². The van der Waals surface area contributed by atoms with Crippen LogP contribution in [-0.2, 0) is 11.3 Å². The van der Waals surface area contributed by atoms with E-state index < -0.39 is 0 Å². The zero-order valence-electron chi connectivity index (χ0n) is 32.4. The van der Waals surface area contributed by atoms with Gasteiger partial charge in [-0.3, -0.25) is 20.0 Å². The van der Waals surface area contributed by atoms with E-state index in [2.05, 4.69) is 110 Å². The maximum Gasteiger partial charge on any atom is 0.293 e. The van der Waals surface area contributed by atoms with E-state index in [0.29, 0.717) is 35.5 Å². The molecule has 2 fully saturated rings. The summed E-state index contributed by atoms with van der Waals surface area (Å²) in [6, 6.07) is 21.9. The van der Waals surface area contributed by atoms with E-state index in [4.69, 9.17) is 16.3 Å². The number of piperidine rings is 1. The van der Waals surface area contributed by atoms with E-state index in [1.165, 1.54) is 40.7 Å². The van der Waals surface area contributed by atoms with Gasteiger partial charge >= 0.3 is 0 Å². The number of ether oxygens (including phenoxy) is 1. The van der Waals surface area contributed by atoms with E-state index in [1.54, 1.807) is 12.1 Å². The Morgan fingerprint density at radius 3 is 2.50 bits per heavy atom. The number of nitro benzene ring substituents is 1.